The van der Waals surface area contributed by atoms with Crippen LogP contribution in [0, 0.1) is 19.7 Å². The number of nitrogens with zero attached hydrogens (tertiary/aromatic N) is 3. The summed E-state index contributed by atoms with van der Waals surface area (Å²) >= 11 is 5.98. The number of aromatic nitrogens is 2. The number of carboxylic acids is 1. The fraction of sp³-hybridized carbons (Fsp3) is 0.412. The molecule has 0 radical (unpaired) electrons. The van der Waals surface area contributed by atoms with Gasteiger partial charge in [-0.1, -0.05) is 23.7 Å². The Bertz CT molecular complexity index is 1770. The summed E-state index contributed by atoms with van der Waals surface area (Å²) in [7, 11) is 0. The Morgan fingerprint density at radius 1 is 1.13 bits per heavy atom. The molecule has 0 unspecified atom stereocenters. The number of imidazole rings is 1. The zero-order valence-electron chi connectivity index (χ0n) is 25.4. The number of carbonyl (C=O) groups is 1. The minimum Gasteiger partial charge on any atom is -0.475 e. The maximum atomic E-state index is 14.9. The number of piperidine rings is 1. The predicted octanol–water partition coefficient (Wildman–Crippen LogP) is 7.06. The monoisotopic (exact) mass is 635 g/mol. The van der Waals surface area contributed by atoms with E-state index >= 15 is 0 Å². The lowest BCUT2D eigenvalue weighted by atomic mass is 9.88. The van der Waals surface area contributed by atoms with Crippen LogP contribution in [0.4, 0.5) is 4.39 Å². The number of fused-ring (bicyclic) bond motifs is 1. The summed E-state index contributed by atoms with van der Waals surface area (Å²) in [4.78, 5) is 19.0. The molecule has 0 spiro atoms. The molecule has 0 saturated carbocycles. The minimum absolute atomic E-state index is 0.0645. The molecule has 1 N–H and O–H groups in total. The quantitative estimate of drug-likeness (QED) is 0.220. The van der Waals surface area contributed by atoms with Crippen molar-refractivity contribution in [2.24, 2.45) is 0 Å². The second-order valence-corrected chi connectivity index (χ2v) is 12.7. The molecule has 4 aromatic rings. The topological polar surface area (TPSA) is 99.2 Å². The highest BCUT2D eigenvalue weighted by Gasteiger charge is 2.43. The summed E-state index contributed by atoms with van der Waals surface area (Å²) < 4.78 is 41.1. The van der Waals surface area contributed by atoms with E-state index < -0.39 is 17.6 Å². The molecule has 236 valence electrons. The highest BCUT2D eigenvalue weighted by molar-refractivity contribution is 6.30. The van der Waals surface area contributed by atoms with Gasteiger partial charge in [-0.05, 0) is 82.4 Å². The standard InChI is InChI=1S/C34H35ClFN3O6/c1-19-15-28(43-31(19)33(40)41)30-20(2)39(17-23-11-14-42-23)29(37-30)18-38-12-9-21(10-13-38)24-5-4-6-27-32(24)45-34(3,44-27)25-8-7-22(35)16-26(25)36/h4-8,15-16,21,23H,9-14,17-18H2,1-3H3,(H,40,41)/t23-,34-/m0/s1. The van der Waals surface area contributed by atoms with Crippen LogP contribution in [0.15, 0.2) is 46.9 Å². The molecule has 0 amide bonds. The van der Waals surface area contributed by atoms with E-state index in [2.05, 4.69) is 15.5 Å². The number of ether oxygens (including phenoxy) is 3. The van der Waals surface area contributed by atoms with Gasteiger partial charge in [-0.25, -0.2) is 14.2 Å². The first-order chi connectivity index (χ1) is 21.6. The van der Waals surface area contributed by atoms with Gasteiger partial charge in [-0.15, -0.1) is 0 Å². The van der Waals surface area contributed by atoms with Crippen molar-refractivity contribution in [3.63, 3.8) is 0 Å². The summed E-state index contributed by atoms with van der Waals surface area (Å²) in [6, 6.07) is 12.1. The Balaban J connectivity index is 1.08. The Labute approximate surface area is 265 Å². The molecule has 5 heterocycles. The number of hydrogen-bond donors (Lipinski definition) is 1. The zero-order valence-corrected chi connectivity index (χ0v) is 26.2. The fourth-order valence-corrected chi connectivity index (χ4v) is 6.83. The van der Waals surface area contributed by atoms with Crippen LogP contribution in [0.5, 0.6) is 11.5 Å². The number of halogens is 2. The summed E-state index contributed by atoms with van der Waals surface area (Å²) in [5.74, 6) is -0.0389. The molecule has 3 aliphatic heterocycles. The Morgan fingerprint density at radius 2 is 1.91 bits per heavy atom. The number of para-hydroxylation sites is 1. The van der Waals surface area contributed by atoms with Crippen LogP contribution in [-0.2, 0) is 23.6 Å². The third kappa shape index (κ3) is 5.49. The van der Waals surface area contributed by atoms with Crippen LogP contribution < -0.4 is 9.47 Å². The lowest BCUT2D eigenvalue weighted by molar-refractivity contribution is -0.0712. The van der Waals surface area contributed by atoms with Crippen LogP contribution >= 0.6 is 11.6 Å². The molecule has 2 aromatic carbocycles. The third-order valence-electron chi connectivity index (χ3n) is 9.25. The molecule has 0 aliphatic carbocycles. The summed E-state index contributed by atoms with van der Waals surface area (Å²) in [5.41, 5.74) is 3.52. The van der Waals surface area contributed by atoms with Gasteiger partial charge in [0.25, 0.3) is 5.79 Å². The summed E-state index contributed by atoms with van der Waals surface area (Å²) in [6.45, 7) is 9.25. The van der Waals surface area contributed by atoms with Gasteiger partial charge in [0.15, 0.2) is 17.3 Å². The maximum absolute atomic E-state index is 14.9. The molecule has 2 aromatic heterocycles. The molecule has 2 fully saturated rings. The average molecular weight is 636 g/mol. The van der Waals surface area contributed by atoms with Gasteiger partial charge in [0.2, 0.25) is 5.76 Å². The fourth-order valence-electron chi connectivity index (χ4n) is 6.67. The highest BCUT2D eigenvalue weighted by atomic mass is 35.5. The normalized spacial score (nSPS) is 21.7. The SMILES string of the molecule is Cc1cc(-c2nc(CN3CCC(c4cccc5c4O[C@@](C)(c4ccc(Cl)cc4F)O5)CC3)n(C[C@@H]3CCO3)c2C)oc1C(=O)O. The number of furan rings is 1. The van der Waals surface area contributed by atoms with Crippen LogP contribution in [0.1, 0.15) is 70.9 Å². The van der Waals surface area contributed by atoms with Crippen molar-refractivity contribution >= 4 is 17.6 Å². The van der Waals surface area contributed by atoms with Crippen molar-refractivity contribution in [2.75, 3.05) is 19.7 Å². The molecule has 9 nitrogen and oxygen atoms in total. The molecular weight excluding hydrogens is 601 g/mol. The largest absolute Gasteiger partial charge is 0.475 e. The number of likely N-dealkylation sites (tertiary alicyclic amines) is 1. The van der Waals surface area contributed by atoms with Crippen molar-refractivity contribution in [3.05, 3.63) is 87.3 Å². The zero-order chi connectivity index (χ0) is 31.5. The second kappa shape index (κ2) is 11.5. The molecule has 2 atom stereocenters. The van der Waals surface area contributed by atoms with Crippen molar-refractivity contribution in [3.8, 4) is 23.0 Å². The van der Waals surface area contributed by atoms with Gasteiger partial charge in [0.1, 0.15) is 17.3 Å². The number of aryl methyl sites for hydroxylation is 1. The Morgan fingerprint density at radius 3 is 2.58 bits per heavy atom. The van der Waals surface area contributed by atoms with Crippen LogP contribution in [0.2, 0.25) is 5.02 Å². The lowest BCUT2D eigenvalue weighted by Gasteiger charge is -2.33. The van der Waals surface area contributed by atoms with Gasteiger partial charge in [0, 0.05) is 35.4 Å². The first-order valence-corrected chi connectivity index (χ1v) is 15.7. The van der Waals surface area contributed by atoms with E-state index in [1.54, 1.807) is 32.0 Å². The van der Waals surface area contributed by atoms with E-state index in [-0.39, 0.29) is 17.8 Å². The van der Waals surface area contributed by atoms with Crippen molar-refractivity contribution in [2.45, 2.75) is 70.9 Å². The molecule has 2 saturated heterocycles. The van der Waals surface area contributed by atoms with E-state index in [9.17, 15) is 14.3 Å². The van der Waals surface area contributed by atoms with Gasteiger partial charge in [-0.3, -0.25) is 4.90 Å². The van der Waals surface area contributed by atoms with E-state index in [1.165, 1.54) is 6.07 Å². The van der Waals surface area contributed by atoms with Gasteiger partial charge >= 0.3 is 5.97 Å². The molecule has 3 aliphatic rings. The number of aromatic carboxylic acids is 1. The van der Waals surface area contributed by atoms with Crippen molar-refractivity contribution in [1.82, 2.24) is 14.5 Å². The van der Waals surface area contributed by atoms with E-state index in [0.29, 0.717) is 52.2 Å². The highest BCUT2D eigenvalue weighted by Crippen LogP contribution is 2.50. The smallest absolute Gasteiger partial charge is 0.372 e. The second-order valence-electron chi connectivity index (χ2n) is 12.3. The number of rotatable bonds is 8. The Hall–Kier alpha value is -3.86. The Kier molecular flexibility index (Phi) is 7.62. The predicted molar refractivity (Wildman–Crippen MR) is 164 cm³/mol. The maximum Gasteiger partial charge on any atom is 0.372 e. The molecular formula is C34H35ClFN3O6. The lowest BCUT2D eigenvalue weighted by Crippen LogP contribution is -2.35. The van der Waals surface area contributed by atoms with Crippen LogP contribution in [-0.4, -0.2) is 51.3 Å². The first kappa shape index (κ1) is 29.8. The van der Waals surface area contributed by atoms with E-state index in [0.717, 1.165) is 56.0 Å². The molecule has 0 bridgehead atoms. The van der Waals surface area contributed by atoms with Crippen molar-refractivity contribution < 1.29 is 32.9 Å². The summed E-state index contributed by atoms with van der Waals surface area (Å²) in [5, 5.41) is 9.82. The first-order valence-electron chi connectivity index (χ1n) is 15.3. The van der Waals surface area contributed by atoms with Gasteiger partial charge in [-0.2, -0.15) is 0 Å². The van der Waals surface area contributed by atoms with Crippen LogP contribution in [0.3, 0.4) is 0 Å². The van der Waals surface area contributed by atoms with Crippen LogP contribution in [0.25, 0.3) is 11.5 Å². The minimum atomic E-state index is -1.29. The van der Waals surface area contributed by atoms with Crippen molar-refractivity contribution in [1.29, 1.82) is 0 Å². The van der Waals surface area contributed by atoms with Gasteiger partial charge in [0.05, 0.1) is 24.8 Å². The van der Waals surface area contributed by atoms with E-state index in [1.807, 2.05) is 19.1 Å². The number of benzene rings is 2. The van der Waals surface area contributed by atoms with E-state index in [4.69, 9.17) is 35.2 Å². The molecule has 7 rings (SSSR count). The third-order valence-corrected chi connectivity index (χ3v) is 9.48. The van der Waals surface area contributed by atoms with Gasteiger partial charge < -0.3 is 28.3 Å². The number of carboxylic acid groups (broad SMARTS) is 1. The average Bonchev–Trinajstić information content (AvgIpc) is 3.63. The number of hydrogen-bond acceptors (Lipinski definition) is 7. The summed E-state index contributed by atoms with van der Waals surface area (Å²) in [6.07, 6.45) is 2.95. The molecule has 11 heteroatoms. The molecule has 45 heavy (non-hydrogen) atoms.